The van der Waals surface area contributed by atoms with Gasteiger partial charge in [0.05, 0.1) is 0 Å². The Morgan fingerprint density at radius 3 is 2.60 bits per heavy atom. The molecule has 0 spiro atoms. The fourth-order valence-corrected chi connectivity index (χ4v) is 2.85. The summed E-state index contributed by atoms with van der Waals surface area (Å²) in [6, 6.07) is 0. The van der Waals surface area contributed by atoms with E-state index in [2.05, 4.69) is 0 Å². The molecule has 0 aromatic heterocycles. The molecule has 0 fully saturated rings. The van der Waals surface area contributed by atoms with Gasteiger partial charge in [-0.2, -0.15) is 0 Å². The summed E-state index contributed by atoms with van der Waals surface area (Å²) in [5.41, 5.74) is 0. The molecule has 1 nitrogen and oxygen atoms in total. The molecule has 0 aromatic carbocycles. The summed E-state index contributed by atoms with van der Waals surface area (Å²) in [4.78, 5) is 0. The maximum absolute atomic E-state index is 8.00. The zero-order valence-corrected chi connectivity index (χ0v) is 8.25. The van der Waals surface area contributed by atoms with Crippen molar-refractivity contribution in [3.63, 3.8) is 0 Å². The van der Waals surface area contributed by atoms with Gasteiger partial charge in [0.15, 0.2) is 0 Å². The first-order valence-corrected chi connectivity index (χ1v) is 9.34. The average molecular weight is 319 g/mol. The molecule has 5 heavy (non-hydrogen) atoms. The molecule has 0 rings (SSSR count). The van der Waals surface area contributed by atoms with Gasteiger partial charge in [0.2, 0.25) is 0 Å². The SMILES string of the molecule is OC=[TeH]S[TeH]. The normalized spacial score (nSPS) is 11.6. The second-order valence-corrected chi connectivity index (χ2v) is 13.9. The van der Waals surface area contributed by atoms with E-state index < -0.39 is 0 Å². The zero-order chi connectivity index (χ0) is 4.12. The molecule has 0 unspecified atom stereocenters. The quantitative estimate of drug-likeness (QED) is 0.627. The van der Waals surface area contributed by atoms with Crippen LogP contribution in [0.1, 0.15) is 0 Å². The van der Waals surface area contributed by atoms with E-state index in [-0.39, 0.29) is 19.1 Å². The predicted octanol–water partition coefficient (Wildman–Crippen LogP) is -0.981. The summed E-state index contributed by atoms with van der Waals surface area (Å²) in [7, 11) is 0. The first-order chi connectivity index (χ1) is 2.41. The fraction of sp³-hybridized carbons (Fsp3) is 0. The Balaban J connectivity index is 2.62. The Morgan fingerprint density at radius 2 is 2.60 bits per heavy atom. The minimum absolute atomic E-state index is 0.275. The van der Waals surface area contributed by atoms with Crippen molar-refractivity contribution in [1.29, 1.82) is 0 Å². The van der Waals surface area contributed by atoms with Crippen LogP contribution in [0.5, 0.6) is 0 Å². The van der Waals surface area contributed by atoms with E-state index in [9.17, 15) is 0 Å². The van der Waals surface area contributed by atoms with Gasteiger partial charge in [-0.15, -0.1) is 0 Å². The zero-order valence-electron chi connectivity index (χ0n) is 2.33. The van der Waals surface area contributed by atoms with Crippen molar-refractivity contribution in [3.8, 4) is 0 Å². The molecule has 0 aliphatic heterocycles. The third kappa shape index (κ3) is 5.76. The summed E-state index contributed by atoms with van der Waals surface area (Å²) >= 11 is 1.44. The second-order valence-electron chi connectivity index (χ2n) is 0.303. The summed E-state index contributed by atoms with van der Waals surface area (Å²) in [5, 5.41) is 8.00. The van der Waals surface area contributed by atoms with E-state index in [4.69, 9.17) is 5.11 Å². The van der Waals surface area contributed by atoms with Crippen LogP contribution in [0.4, 0.5) is 0 Å². The third-order valence-electron chi connectivity index (χ3n) is 0.0943. The molecule has 0 atom stereocenters. The summed E-state index contributed by atoms with van der Waals surface area (Å²) < 4.78 is 1.31. The molecule has 0 radical (unpaired) electrons. The van der Waals surface area contributed by atoms with Gasteiger partial charge in [0, 0.05) is 0 Å². The molecular formula is CH4OSTe2. The van der Waals surface area contributed by atoms with Crippen molar-refractivity contribution in [2.45, 2.75) is 0 Å². The molecule has 0 amide bonds. The van der Waals surface area contributed by atoms with Gasteiger partial charge >= 0.3 is 55.6 Å². The van der Waals surface area contributed by atoms with Crippen LogP contribution < -0.4 is 0 Å². The van der Waals surface area contributed by atoms with Crippen LogP contribution in [0.15, 0.2) is 0 Å². The van der Waals surface area contributed by atoms with Gasteiger partial charge in [-0.1, -0.05) is 0 Å². The van der Waals surface area contributed by atoms with E-state index >= 15 is 0 Å². The Morgan fingerprint density at radius 1 is 2.00 bits per heavy atom. The molecule has 4 heteroatoms. The number of hydrogen-bond acceptors (Lipinski definition) is 2. The summed E-state index contributed by atoms with van der Waals surface area (Å²) in [6.07, 6.45) is 1.80. The second kappa shape index (κ2) is 5.76. The van der Waals surface area contributed by atoms with Crippen molar-refractivity contribution < 1.29 is 5.11 Å². The standard InChI is InChI=1S/CH4OSTe2/c2-1-5-3-4/h1-2,4-5H. The Kier molecular flexibility index (Phi) is 7.79. The fourth-order valence-electron chi connectivity index (χ4n) is 0.0211. The van der Waals surface area contributed by atoms with Crippen molar-refractivity contribution in [3.05, 3.63) is 0 Å². The average Bonchev–Trinajstić information content (AvgIpc) is 1.41. The summed E-state index contributed by atoms with van der Waals surface area (Å²) in [6.45, 7) is 0. The minimum atomic E-state index is -0.275. The van der Waals surface area contributed by atoms with E-state index in [0.717, 1.165) is 0 Å². The van der Waals surface area contributed by atoms with Crippen LogP contribution in [0.2, 0.25) is 0 Å². The van der Waals surface area contributed by atoms with Crippen LogP contribution in [0.25, 0.3) is 0 Å². The molecule has 0 saturated heterocycles. The Bertz CT molecular complexity index is 36.6. The van der Waals surface area contributed by atoms with Crippen molar-refractivity contribution in [2.24, 2.45) is 0 Å². The molecule has 0 saturated carbocycles. The van der Waals surface area contributed by atoms with Crippen LogP contribution in [-0.4, -0.2) is 49.3 Å². The number of aliphatic hydroxyl groups excluding tert-OH is 1. The van der Waals surface area contributed by atoms with Crippen molar-refractivity contribution >= 4 is 50.5 Å². The molecule has 0 aliphatic rings. The Labute approximate surface area is 54.9 Å². The molecule has 0 aromatic rings. The van der Waals surface area contributed by atoms with E-state index in [1.807, 2.05) is 0 Å². The molecule has 32 valence electrons. The first kappa shape index (κ1) is 6.76. The Hall–Kier alpha value is 1.76. The van der Waals surface area contributed by atoms with Gasteiger partial charge in [0.25, 0.3) is 0 Å². The van der Waals surface area contributed by atoms with Crippen molar-refractivity contribution in [1.82, 2.24) is 0 Å². The molecular weight excluding hydrogens is 315 g/mol. The van der Waals surface area contributed by atoms with Crippen LogP contribution in [0, 0.1) is 0 Å². The molecule has 0 heterocycles. The van der Waals surface area contributed by atoms with Crippen LogP contribution in [-0.2, 0) is 0 Å². The van der Waals surface area contributed by atoms with Gasteiger partial charge in [-0.3, -0.25) is 0 Å². The van der Waals surface area contributed by atoms with Gasteiger partial charge < -0.3 is 0 Å². The van der Waals surface area contributed by atoms with E-state index in [1.54, 1.807) is 27.1 Å². The number of rotatable bonds is 1. The van der Waals surface area contributed by atoms with Gasteiger partial charge in [0.1, 0.15) is 0 Å². The summed E-state index contributed by atoms with van der Waals surface area (Å²) in [5.74, 6) is 0. The van der Waals surface area contributed by atoms with Crippen LogP contribution in [0.3, 0.4) is 0 Å². The van der Waals surface area contributed by atoms with E-state index in [1.165, 1.54) is 4.24 Å². The third-order valence-corrected chi connectivity index (χ3v) is 7.31. The van der Waals surface area contributed by atoms with Gasteiger partial charge in [-0.25, -0.2) is 0 Å². The monoisotopic (exact) mass is 324 g/mol. The van der Waals surface area contributed by atoms with E-state index in [0.29, 0.717) is 0 Å². The molecule has 0 bridgehead atoms. The maximum atomic E-state index is 8.00. The topological polar surface area (TPSA) is 20.2 Å². The van der Waals surface area contributed by atoms with Crippen molar-refractivity contribution in [2.75, 3.05) is 0 Å². The number of hydrogen-bond donors (Lipinski definition) is 1. The predicted molar refractivity (Wildman–Crippen MR) is 29.9 cm³/mol. The first-order valence-electron chi connectivity index (χ1n) is 0.882. The van der Waals surface area contributed by atoms with Gasteiger partial charge in [-0.05, 0) is 0 Å². The molecule has 1 N–H and O–H groups in total. The molecule has 0 aliphatic carbocycles. The van der Waals surface area contributed by atoms with Crippen LogP contribution >= 0.6 is 6.22 Å². The number of aliphatic hydroxyl groups is 1.